The normalized spacial score (nSPS) is 9.10. The zero-order valence-corrected chi connectivity index (χ0v) is 6.59. The van der Waals surface area contributed by atoms with E-state index in [9.17, 15) is 4.79 Å². The molecular weight excluding hydrogens is 128 g/mol. The molecule has 0 aromatic rings. The number of carbonyl (C=O) groups excluding carboxylic acids is 1. The SMILES string of the molecule is C#CC(=O)N(CC)N(C)C. The molecule has 3 nitrogen and oxygen atoms in total. The minimum absolute atomic E-state index is 0.299. The summed E-state index contributed by atoms with van der Waals surface area (Å²) >= 11 is 0. The van der Waals surface area contributed by atoms with E-state index in [4.69, 9.17) is 6.42 Å². The third-order valence-electron chi connectivity index (χ3n) is 1.14. The fraction of sp³-hybridized carbons (Fsp3) is 0.571. The van der Waals surface area contributed by atoms with Gasteiger partial charge in [0.2, 0.25) is 0 Å². The van der Waals surface area contributed by atoms with Gasteiger partial charge < -0.3 is 0 Å². The summed E-state index contributed by atoms with van der Waals surface area (Å²) in [5.74, 6) is 1.74. The van der Waals surface area contributed by atoms with Gasteiger partial charge >= 0.3 is 5.91 Å². The number of hydrogen-bond acceptors (Lipinski definition) is 2. The van der Waals surface area contributed by atoms with Crippen LogP contribution in [-0.2, 0) is 4.79 Å². The Morgan fingerprint density at radius 3 is 2.20 bits per heavy atom. The number of carbonyl (C=O) groups is 1. The Labute approximate surface area is 61.6 Å². The summed E-state index contributed by atoms with van der Waals surface area (Å²) in [5.41, 5.74) is 0. The summed E-state index contributed by atoms with van der Waals surface area (Å²) in [6.07, 6.45) is 4.92. The van der Waals surface area contributed by atoms with E-state index >= 15 is 0 Å². The molecule has 0 saturated heterocycles. The number of rotatable bonds is 2. The van der Waals surface area contributed by atoms with Crippen molar-refractivity contribution < 1.29 is 4.79 Å². The van der Waals surface area contributed by atoms with Gasteiger partial charge in [-0.25, -0.2) is 5.01 Å². The fourth-order valence-corrected chi connectivity index (χ4v) is 0.683. The molecular formula is C7H12N2O. The number of amides is 1. The van der Waals surface area contributed by atoms with Gasteiger partial charge in [0.25, 0.3) is 0 Å². The Morgan fingerprint density at radius 1 is 1.60 bits per heavy atom. The summed E-state index contributed by atoms with van der Waals surface area (Å²) in [5, 5.41) is 3.14. The molecule has 0 spiro atoms. The first-order valence-corrected chi connectivity index (χ1v) is 3.08. The van der Waals surface area contributed by atoms with Crippen LogP contribution in [0.2, 0.25) is 0 Å². The molecule has 0 fully saturated rings. The molecule has 0 heterocycles. The second-order valence-electron chi connectivity index (χ2n) is 2.01. The number of nitrogens with zero attached hydrogens (tertiary/aromatic N) is 2. The van der Waals surface area contributed by atoms with Crippen molar-refractivity contribution in [2.45, 2.75) is 6.92 Å². The molecule has 0 aliphatic heterocycles. The highest BCUT2D eigenvalue weighted by molar-refractivity contribution is 5.92. The standard InChI is InChI=1S/C7H12N2O/c1-5-7(10)9(6-2)8(3)4/h1H,6H2,2-4H3. The fourth-order valence-electron chi connectivity index (χ4n) is 0.683. The molecule has 3 heteroatoms. The monoisotopic (exact) mass is 140 g/mol. The summed E-state index contributed by atoms with van der Waals surface area (Å²) in [6.45, 7) is 2.48. The molecule has 0 aliphatic rings. The molecule has 0 atom stereocenters. The maximum Gasteiger partial charge on any atom is 0.312 e. The molecule has 0 aliphatic carbocycles. The average Bonchev–Trinajstić information content (AvgIpc) is 1.88. The maximum atomic E-state index is 10.8. The van der Waals surface area contributed by atoms with E-state index in [1.54, 1.807) is 19.1 Å². The molecule has 1 amide bonds. The molecule has 10 heavy (non-hydrogen) atoms. The van der Waals surface area contributed by atoms with E-state index in [1.165, 1.54) is 5.01 Å². The molecule has 0 aromatic carbocycles. The van der Waals surface area contributed by atoms with E-state index in [0.717, 1.165) is 0 Å². The highest BCUT2D eigenvalue weighted by atomic mass is 16.2. The van der Waals surface area contributed by atoms with Crippen molar-refractivity contribution in [1.29, 1.82) is 0 Å². The van der Waals surface area contributed by atoms with Crippen molar-refractivity contribution in [3.63, 3.8) is 0 Å². The lowest BCUT2D eigenvalue weighted by Gasteiger charge is -2.24. The van der Waals surface area contributed by atoms with Crippen LogP contribution in [-0.4, -0.2) is 36.6 Å². The van der Waals surface area contributed by atoms with Crippen LogP contribution in [0.25, 0.3) is 0 Å². The van der Waals surface area contributed by atoms with Crippen LogP contribution in [0.4, 0.5) is 0 Å². The van der Waals surface area contributed by atoms with Crippen molar-refractivity contribution in [1.82, 2.24) is 10.0 Å². The zero-order valence-electron chi connectivity index (χ0n) is 6.59. The molecule has 0 unspecified atom stereocenters. The molecule has 0 N–H and O–H groups in total. The summed E-state index contributed by atoms with van der Waals surface area (Å²) in [7, 11) is 3.55. The van der Waals surface area contributed by atoms with Gasteiger partial charge in [-0.2, -0.15) is 0 Å². The minimum atomic E-state index is -0.299. The molecule has 0 radical (unpaired) electrons. The van der Waals surface area contributed by atoms with Gasteiger partial charge in [-0.15, -0.1) is 6.42 Å². The maximum absolute atomic E-state index is 10.8. The van der Waals surface area contributed by atoms with Gasteiger partial charge in [0.05, 0.1) is 0 Å². The molecule has 0 rings (SSSR count). The first-order chi connectivity index (χ1) is 4.63. The Balaban J connectivity index is 4.10. The lowest BCUT2D eigenvalue weighted by atomic mass is 10.5. The van der Waals surface area contributed by atoms with Gasteiger partial charge in [-0.1, -0.05) is 0 Å². The smallest absolute Gasteiger partial charge is 0.265 e. The highest BCUT2D eigenvalue weighted by Gasteiger charge is 2.08. The van der Waals surface area contributed by atoms with Crippen LogP contribution in [0.15, 0.2) is 0 Å². The van der Waals surface area contributed by atoms with E-state index < -0.39 is 0 Å². The number of hydrazine groups is 1. The largest absolute Gasteiger partial charge is 0.312 e. The summed E-state index contributed by atoms with van der Waals surface area (Å²) in [4.78, 5) is 10.8. The highest BCUT2D eigenvalue weighted by Crippen LogP contribution is 1.89. The van der Waals surface area contributed by atoms with E-state index in [2.05, 4.69) is 0 Å². The molecule has 0 aromatic heterocycles. The zero-order chi connectivity index (χ0) is 8.15. The summed E-state index contributed by atoms with van der Waals surface area (Å²) in [6, 6.07) is 0. The third kappa shape index (κ3) is 2.08. The Kier molecular flexibility index (Phi) is 3.52. The van der Waals surface area contributed by atoms with Gasteiger partial charge in [0.1, 0.15) is 0 Å². The van der Waals surface area contributed by atoms with Crippen molar-refractivity contribution >= 4 is 5.91 Å². The summed E-state index contributed by atoms with van der Waals surface area (Å²) < 4.78 is 0. The van der Waals surface area contributed by atoms with Crippen LogP contribution >= 0.6 is 0 Å². The first-order valence-electron chi connectivity index (χ1n) is 3.08. The lowest BCUT2D eigenvalue weighted by molar-refractivity contribution is -0.137. The van der Waals surface area contributed by atoms with Crippen molar-refractivity contribution in [2.75, 3.05) is 20.6 Å². The Bertz CT molecular complexity index is 157. The quantitative estimate of drug-likeness (QED) is 0.396. The van der Waals surface area contributed by atoms with E-state index in [-0.39, 0.29) is 5.91 Å². The topological polar surface area (TPSA) is 23.6 Å². The van der Waals surface area contributed by atoms with Crippen LogP contribution < -0.4 is 0 Å². The van der Waals surface area contributed by atoms with Crippen molar-refractivity contribution in [3.8, 4) is 12.3 Å². The molecule has 56 valence electrons. The van der Waals surface area contributed by atoms with Crippen molar-refractivity contribution in [2.24, 2.45) is 0 Å². The van der Waals surface area contributed by atoms with E-state index in [0.29, 0.717) is 6.54 Å². The van der Waals surface area contributed by atoms with Gasteiger partial charge in [0, 0.05) is 20.6 Å². The number of terminal acetylenes is 1. The van der Waals surface area contributed by atoms with Gasteiger partial charge in [0.15, 0.2) is 0 Å². The predicted molar refractivity (Wildman–Crippen MR) is 39.9 cm³/mol. The van der Waals surface area contributed by atoms with Crippen LogP contribution in [0.5, 0.6) is 0 Å². The second-order valence-corrected chi connectivity index (χ2v) is 2.01. The molecule has 0 saturated carbocycles. The predicted octanol–water partition coefficient (Wildman–Crippen LogP) is -0.0553. The van der Waals surface area contributed by atoms with Crippen LogP contribution in [0, 0.1) is 12.3 Å². The van der Waals surface area contributed by atoms with Crippen LogP contribution in [0.1, 0.15) is 6.92 Å². The van der Waals surface area contributed by atoms with Crippen LogP contribution in [0.3, 0.4) is 0 Å². The van der Waals surface area contributed by atoms with Gasteiger partial charge in [-0.3, -0.25) is 9.80 Å². The Hall–Kier alpha value is -1.01. The first kappa shape index (κ1) is 8.99. The second kappa shape index (κ2) is 3.91. The number of hydrogen-bond donors (Lipinski definition) is 0. The minimum Gasteiger partial charge on any atom is -0.265 e. The molecule has 0 bridgehead atoms. The van der Waals surface area contributed by atoms with E-state index in [1.807, 2.05) is 12.8 Å². The van der Waals surface area contributed by atoms with Gasteiger partial charge in [-0.05, 0) is 12.8 Å². The Morgan fingerprint density at radius 2 is 2.10 bits per heavy atom. The third-order valence-corrected chi connectivity index (χ3v) is 1.14. The average molecular weight is 140 g/mol. The van der Waals surface area contributed by atoms with Crippen molar-refractivity contribution in [3.05, 3.63) is 0 Å². The lowest BCUT2D eigenvalue weighted by Crippen LogP contribution is -2.40.